The van der Waals surface area contributed by atoms with Crippen molar-refractivity contribution in [3.05, 3.63) is 40.8 Å². The van der Waals surface area contributed by atoms with Gasteiger partial charge in [0.15, 0.2) is 4.77 Å². The number of benzene rings is 1. The third-order valence-corrected chi connectivity index (χ3v) is 3.46. The van der Waals surface area contributed by atoms with Crippen LogP contribution in [-0.2, 0) is 13.0 Å². The van der Waals surface area contributed by atoms with Gasteiger partial charge in [-0.3, -0.25) is 4.57 Å². The van der Waals surface area contributed by atoms with Crippen LogP contribution in [0.4, 0.5) is 0 Å². The number of hydrogen-bond donors (Lipinski definition) is 2. The second-order valence-corrected chi connectivity index (χ2v) is 4.56. The van der Waals surface area contributed by atoms with Crippen molar-refractivity contribution >= 4 is 12.2 Å². The second kappa shape index (κ2) is 3.72. The van der Waals surface area contributed by atoms with Gasteiger partial charge in [-0.15, -0.1) is 0 Å². The maximum absolute atomic E-state index is 10.2. The van der Waals surface area contributed by atoms with Crippen molar-refractivity contribution in [1.82, 2.24) is 9.13 Å². The third-order valence-electron chi connectivity index (χ3n) is 3.05. The summed E-state index contributed by atoms with van der Waals surface area (Å²) in [5.41, 5.74) is 1.55. The first-order valence-corrected chi connectivity index (χ1v) is 5.86. The Kier molecular flexibility index (Phi) is 2.31. The maximum Gasteiger partial charge on any atom is 0.218 e. The zero-order chi connectivity index (χ0) is 12.0. The molecule has 2 aromatic rings. The number of aromatic hydroxyl groups is 1. The van der Waals surface area contributed by atoms with Gasteiger partial charge in [-0.25, -0.2) is 0 Å². The first kappa shape index (κ1) is 10.6. The van der Waals surface area contributed by atoms with Crippen molar-refractivity contribution in [3.63, 3.8) is 0 Å². The number of aliphatic hydroxyl groups excluding tert-OH is 1. The highest BCUT2D eigenvalue weighted by Gasteiger charge is 2.27. The maximum atomic E-state index is 10.2. The Balaban J connectivity index is 2.22. The van der Waals surface area contributed by atoms with Gasteiger partial charge in [-0.05, 0) is 24.4 Å². The molecule has 1 aromatic heterocycles. The fourth-order valence-corrected chi connectivity index (χ4v) is 2.65. The largest absolute Gasteiger partial charge is 0.493 e. The summed E-state index contributed by atoms with van der Waals surface area (Å²) in [6.45, 7) is 0.460. The number of aliphatic hydroxyl groups is 1. The molecule has 0 fully saturated rings. The lowest BCUT2D eigenvalue weighted by molar-refractivity contribution is 0.174. The summed E-state index contributed by atoms with van der Waals surface area (Å²) in [5.74, 6) is 0.137. The molecule has 0 radical (unpaired) electrons. The minimum atomic E-state index is -0.442. The minimum Gasteiger partial charge on any atom is -0.493 e. The van der Waals surface area contributed by atoms with Gasteiger partial charge in [0.05, 0.1) is 24.0 Å². The molecule has 0 bridgehead atoms. The zero-order valence-corrected chi connectivity index (χ0v) is 9.89. The van der Waals surface area contributed by atoms with Crippen LogP contribution < -0.4 is 0 Å². The van der Waals surface area contributed by atoms with E-state index in [1.54, 1.807) is 9.13 Å². The van der Waals surface area contributed by atoms with Crippen molar-refractivity contribution in [3.8, 4) is 11.6 Å². The predicted molar refractivity (Wildman–Crippen MR) is 66.0 cm³/mol. The fraction of sp³-hybridized carbons (Fsp3) is 0.250. The molecule has 2 heterocycles. The first-order chi connectivity index (χ1) is 8.18. The van der Waals surface area contributed by atoms with Gasteiger partial charge in [0, 0.05) is 6.42 Å². The molecule has 0 aliphatic carbocycles. The number of fused-ring (bicyclic) bond motifs is 1. The molecule has 1 aromatic carbocycles. The first-order valence-electron chi connectivity index (χ1n) is 5.45. The van der Waals surface area contributed by atoms with E-state index in [0.29, 0.717) is 23.4 Å². The Morgan fingerprint density at radius 2 is 1.94 bits per heavy atom. The molecule has 1 atom stereocenters. The van der Waals surface area contributed by atoms with Crippen molar-refractivity contribution in [1.29, 1.82) is 0 Å². The predicted octanol–water partition coefficient (Wildman–Crippen LogP) is 1.63. The number of hydrogen-bond acceptors (Lipinski definition) is 3. The van der Waals surface area contributed by atoms with Crippen molar-refractivity contribution in [2.24, 2.45) is 0 Å². The summed E-state index contributed by atoms with van der Waals surface area (Å²) in [7, 11) is 0. The van der Waals surface area contributed by atoms with Crippen molar-refractivity contribution in [2.45, 2.75) is 19.1 Å². The smallest absolute Gasteiger partial charge is 0.218 e. The molecule has 88 valence electrons. The Hall–Kier alpha value is -1.59. The Morgan fingerprint density at radius 3 is 2.59 bits per heavy atom. The van der Waals surface area contributed by atoms with Crippen LogP contribution in [0.1, 0.15) is 5.69 Å². The summed E-state index contributed by atoms with van der Waals surface area (Å²) in [4.78, 5) is 0. The van der Waals surface area contributed by atoms with E-state index in [0.717, 1.165) is 5.69 Å². The molecule has 2 N–H and O–H groups in total. The van der Waals surface area contributed by atoms with Crippen LogP contribution in [0.3, 0.4) is 0 Å². The Bertz CT molecular complexity index is 615. The van der Waals surface area contributed by atoms with Gasteiger partial charge in [-0.1, -0.05) is 18.2 Å². The van der Waals surface area contributed by atoms with Gasteiger partial charge >= 0.3 is 0 Å². The lowest BCUT2D eigenvalue weighted by Crippen LogP contribution is -2.09. The highest BCUT2D eigenvalue weighted by atomic mass is 32.1. The van der Waals surface area contributed by atoms with E-state index >= 15 is 0 Å². The molecule has 1 unspecified atom stereocenters. The summed E-state index contributed by atoms with van der Waals surface area (Å²) < 4.78 is 3.96. The number of nitrogens with zero attached hydrogens (tertiary/aromatic N) is 2. The van der Waals surface area contributed by atoms with Crippen molar-refractivity contribution in [2.75, 3.05) is 0 Å². The third kappa shape index (κ3) is 1.50. The molecule has 3 rings (SSSR count). The Labute approximate surface area is 103 Å². The number of para-hydroxylation sites is 1. The summed E-state index contributed by atoms with van der Waals surface area (Å²) in [5, 5.41) is 19.7. The van der Waals surface area contributed by atoms with E-state index in [1.807, 2.05) is 30.3 Å². The van der Waals surface area contributed by atoms with Crippen LogP contribution in [0.5, 0.6) is 5.88 Å². The van der Waals surface area contributed by atoms with E-state index in [4.69, 9.17) is 12.2 Å². The van der Waals surface area contributed by atoms with Gasteiger partial charge < -0.3 is 14.8 Å². The van der Waals surface area contributed by atoms with E-state index in [9.17, 15) is 10.2 Å². The molecule has 1 aliphatic rings. The lowest BCUT2D eigenvalue weighted by atomic mass is 10.2. The van der Waals surface area contributed by atoms with Crippen LogP contribution in [0, 0.1) is 4.77 Å². The van der Waals surface area contributed by atoms with Crippen LogP contribution >= 0.6 is 12.2 Å². The number of aromatic nitrogens is 2. The average molecular weight is 248 g/mol. The molecule has 0 saturated heterocycles. The highest BCUT2D eigenvalue weighted by Crippen LogP contribution is 2.30. The molecule has 17 heavy (non-hydrogen) atoms. The molecule has 4 nitrogen and oxygen atoms in total. The van der Waals surface area contributed by atoms with Crippen LogP contribution in [0.25, 0.3) is 5.69 Å². The van der Waals surface area contributed by atoms with Gasteiger partial charge in [-0.2, -0.15) is 0 Å². The highest BCUT2D eigenvalue weighted by molar-refractivity contribution is 7.71. The van der Waals surface area contributed by atoms with E-state index in [1.165, 1.54) is 0 Å². The minimum absolute atomic E-state index is 0.137. The topological polar surface area (TPSA) is 50.3 Å². The van der Waals surface area contributed by atoms with Crippen LogP contribution in [0.15, 0.2) is 30.3 Å². The monoisotopic (exact) mass is 248 g/mol. The number of rotatable bonds is 1. The molecule has 0 saturated carbocycles. The molecular formula is C12H12N2O2S. The normalized spacial score (nSPS) is 18.3. The average Bonchev–Trinajstić information content (AvgIpc) is 2.81. The van der Waals surface area contributed by atoms with E-state index < -0.39 is 6.10 Å². The molecular weight excluding hydrogens is 236 g/mol. The van der Waals surface area contributed by atoms with E-state index in [2.05, 4.69) is 0 Å². The summed E-state index contributed by atoms with van der Waals surface area (Å²) in [6.07, 6.45) is 0.0120. The standard InChI is InChI=1S/C12H12N2O2S/c15-9-6-10-11(16)14(12(17)13(10)7-9)8-4-2-1-3-5-8/h1-5,9,15-16H,6-7H2. The fourth-order valence-electron chi connectivity index (χ4n) is 2.27. The zero-order valence-electron chi connectivity index (χ0n) is 9.08. The van der Waals surface area contributed by atoms with Crippen LogP contribution in [0.2, 0.25) is 0 Å². The SMILES string of the molecule is Oc1c2n(c(=S)n1-c1ccccc1)CC(O)C2. The summed E-state index contributed by atoms with van der Waals surface area (Å²) in [6, 6.07) is 9.49. The Morgan fingerprint density at radius 1 is 1.24 bits per heavy atom. The van der Waals surface area contributed by atoms with Crippen molar-refractivity contribution < 1.29 is 10.2 Å². The van der Waals surface area contributed by atoms with Crippen LogP contribution in [-0.4, -0.2) is 25.5 Å². The summed E-state index contributed by atoms with van der Waals surface area (Å²) >= 11 is 5.33. The van der Waals surface area contributed by atoms with E-state index in [-0.39, 0.29) is 5.88 Å². The molecule has 5 heteroatoms. The van der Waals surface area contributed by atoms with Gasteiger partial charge in [0.2, 0.25) is 5.88 Å². The van der Waals surface area contributed by atoms with Gasteiger partial charge in [0.25, 0.3) is 0 Å². The second-order valence-electron chi connectivity index (χ2n) is 4.19. The molecule has 0 spiro atoms. The quantitative estimate of drug-likeness (QED) is 0.754. The van der Waals surface area contributed by atoms with Gasteiger partial charge in [0.1, 0.15) is 0 Å². The molecule has 1 aliphatic heterocycles. The lowest BCUT2D eigenvalue weighted by Gasteiger charge is -2.06. The molecule has 0 amide bonds. The number of imidazole rings is 1.